The standard InChI is InChI=1S/C12H13BrN2S/c1-9-5-6-16-11(9)8-15(2)12-4-3-10(13)7-14-12/h3-7H,8H2,1-2H3. The molecule has 0 radical (unpaired) electrons. The van der Waals surface area contributed by atoms with E-state index in [0.717, 1.165) is 16.8 Å². The molecular formula is C12H13BrN2S. The first-order chi connectivity index (χ1) is 7.66. The van der Waals surface area contributed by atoms with E-state index in [1.54, 1.807) is 11.3 Å². The summed E-state index contributed by atoms with van der Waals surface area (Å²) in [6.07, 6.45) is 1.83. The van der Waals surface area contributed by atoms with Gasteiger partial charge in [0.1, 0.15) is 5.82 Å². The molecule has 0 aliphatic carbocycles. The second-order valence-electron chi connectivity index (χ2n) is 3.72. The molecular weight excluding hydrogens is 284 g/mol. The topological polar surface area (TPSA) is 16.1 Å². The van der Waals surface area contributed by atoms with Crippen LogP contribution in [0.4, 0.5) is 5.82 Å². The van der Waals surface area contributed by atoms with Crippen LogP contribution in [0, 0.1) is 6.92 Å². The lowest BCUT2D eigenvalue weighted by Gasteiger charge is -2.17. The van der Waals surface area contributed by atoms with Gasteiger partial charge in [-0.25, -0.2) is 4.98 Å². The van der Waals surface area contributed by atoms with Gasteiger partial charge in [0.25, 0.3) is 0 Å². The van der Waals surface area contributed by atoms with Gasteiger partial charge < -0.3 is 4.90 Å². The molecule has 0 aliphatic heterocycles. The van der Waals surface area contributed by atoms with Crippen molar-refractivity contribution < 1.29 is 0 Å². The third kappa shape index (κ3) is 2.62. The molecule has 0 unspecified atom stereocenters. The lowest BCUT2D eigenvalue weighted by Crippen LogP contribution is -2.17. The van der Waals surface area contributed by atoms with Gasteiger partial charge in [-0.2, -0.15) is 0 Å². The van der Waals surface area contributed by atoms with Crippen molar-refractivity contribution in [1.82, 2.24) is 4.98 Å². The third-order valence-corrected chi connectivity index (χ3v) is 3.93. The number of aromatic nitrogens is 1. The van der Waals surface area contributed by atoms with Crippen molar-refractivity contribution in [3.05, 3.63) is 44.7 Å². The van der Waals surface area contributed by atoms with Gasteiger partial charge in [-0.05, 0) is 52.0 Å². The Morgan fingerprint density at radius 1 is 1.38 bits per heavy atom. The number of aryl methyl sites for hydroxylation is 1. The number of thiophene rings is 1. The van der Waals surface area contributed by atoms with E-state index < -0.39 is 0 Å². The van der Waals surface area contributed by atoms with Gasteiger partial charge in [0.2, 0.25) is 0 Å². The Morgan fingerprint density at radius 2 is 2.19 bits per heavy atom. The average Bonchev–Trinajstić information content (AvgIpc) is 2.65. The zero-order chi connectivity index (χ0) is 11.5. The van der Waals surface area contributed by atoms with Crippen molar-refractivity contribution in [3.8, 4) is 0 Å². The molecule has 2 nitrogen and oxygen atoms in total. The van der Waals surface area contributed by atoms with Crippen molar-refractivity contribution in [2.24, 2.45) is 0 Å². The number of anilines is 1. The van der Waals surface area contributed by atoms with Crippen molar-refractivity contribution in [2.45, 2.75) is 13.5 Å². The number of halogens is 1. The maximum atomic E-state index is 4.37. The van der Waals surface area contributed by atoms with Gasteiger partial charge in [-0.15, -0.1) is 11.3 Å². The summed E-state index contributed by atoms with van der Waals surface area (Å²) in [4.78, 5) is 7.93. The molecule has 2 aromatic heterocycles. The maximum Gasteiger partial charge on any atom is 0.128 e. The van der Waals surface area contributed by atoms with Gasteiger partial charge in [0.05, 0.1) is 6.54 Å². The summed E-state index contributed by atoms with van der Waals surface area (Å²) in [5.41, 5.74) is 1.36. The first kappa shape index (κ1) is 11.6. The summed E-state index contributed by atoms with van der Waals surface area (Å²) in [7, 11) is 2.06. The van der Waals surface area contributed by atoms with E-state index in [0.29, 0.717) is 0 Å². The Balaban J connectivity index is 2.11. The molecule has 0 fully saturated rings. The van der Waals surface area contributed by atoms with Crippen LogP contribution in [-0.4, -0.2) is 12.0 Å². The second-order valence-corrected chi connectivity index (χ2v) is 5.63. The second kappa shape index (κ2) is 4.97. The van der Waals surface area contributed by atoms with Crippen LogP contribution in [0.25, 0.3) is 0 Å². The molecule has 0 aliphatic rings. The van der Waals surface area contributed by atoms with Crippen LogP contribution in [0.1, 0.15) is 10.4 Å². The normalized spacial score (nSPS) is 10.4. The Bertz CT molecular complexity index is 464. The van der Waals surface area contributed by atoms with E-state index in [-0.39, 0.29) is 0 Å². The van der Waals surface area contributed by atoms with Crippen LogP contribution in [0.2, 0.25) is 0 Å². The highest BCUT2D eigenvalue weighted by atomic mass is 79.9. The van der Waals surface area contributed by atoms with E-state index in [1.807, 2.05) is 18.3 Å². The highest BCUT2D eigenvalue weighted by Crippen LogP contribution is 2.20. The zero-order valence-electron chi connectivity index (χ0n) is 9.27. The largest absolute Gasteiger partial charge is 0.355 e. The Kier molecular flexibility index (Phi) is 3.61. The molecule has 4 heteroatoms. The summed E-state index contributed by atoms with van der Waals surface area (Å²) in [5, 5.41) is 2.13. The van der Waals surface area contributed by atoms with Gasteiger partial charge in [-0.1, -0.05) is 0 Å². The average molecular weight is 297 g/mol. The molecule has 0 amide bonds. The lowest BCUT2D eigenvalue weighted by molar-refractivity contribution is 0.906. The summed E-state index contributed by atoms with van der Waals surface area (Å²) in [6.45, 7) is 3.06. The van der Waals surface area contributed by atoms with Crippen molar-refractivity contribution in [3.63, 3.8) is 0 Å². The monoisotopic (exact) mass is 296 g/mol. The molecule has 0 N–H and O–H groups in total. The fourth-order valence-corrected chi connectivity index (χ4v) is 2.65. The molecule has 0 saturated heterocycles. The fourth-order valence-electron chi connectivity index (χ4n) is 1.46. The zero-order valence-corrected chi connectivity index (χ0v) is 11.7. The molecule has 2 aromatic rings. The van der Waals surface area contributed by atoms with Crippen molar-refractivity contribution in [2.75, 3.05) is 11.9 Å². The van der Waals surface area contributed by atoms with Gasteiger partial charge in [-0.3, -0.25) is 0 Å². The molecule has 0 atom stereocenters. The quantitative estimate of drug-likeness (QED) is 0.855. The smallest absolute Gasteiger partial charge is 0.128 e. The minimum absolute atomic E-state index is 0.915. The number of hydrogen-bond donors (Lipinski definition) is 0. The molecule has 0 spiro atoms. The summed E-state index contributed by atoms with van der Waals surface area (Å²) >= 11 is 5.18. The SMILES string of the molecule is Cc1ccsc1CN(C)c1ccc(Br)cn1. The molecule has 2 rings (SSSR count). The van der Waals surface area contributed by atoms with Crippen LogP contribution < -0.4 is 4.90 Å². The minimum atomic E-state index is 0.915. The Morgan fingerprint density at radius 3 is 2.75 bits per heavy atom. The number of nitrogens with zero attached hydrogens (tertiary/aromatic N) is 2. The maximum absolute atomic E-state index is 4.37. The fraction of sp³-hybridized carbons (Fsp3) is 0.250. The van der Waals surface area contributed by atoms with Crippen molar-refractivity contribution >= 4 is 33.1 Å². The van der Waals surface area contributed by atoms with Gasteiger partial charge in [0, 0.05) is 22.6 Å². The molecule has 0 aromatic carbocycles. The van der Waals surface area contributed by atoms with Crippen LogP contribution >= 0.6 is 27.3 Å². The third-order valence-electron chi connectivity index (χ3n) is 2.45. The van der Waals surface area contributed by atoms with E-state index in [4.69, 9.17) is 0 Å². The molecule has 84 valence electrons. The lowest BCUT2D eigenvalue weighted by atomic mass is 10.3. The van der Waals surface area contributed by atoms with Crippen LogP contribution in [0.5, 0.6) is 0 Å². The van der Waals surface area contributed by atoms with Crippen molar-refractivity contribution in [1.29, 1.82) is 0 Å². The first-order valence-corrected chi connectivity index (χ1v) is 6.70. The molecule has 0 saturated carbocycles. The Hall–Kier alpha value is -0.870. The molecule has 16 heavy (non-hydrogen) atoms. The minimum Gasteiger partial charge on any atom is -0.355 e. The number of rotatable bonds is 3. The van der Waals surface area contributed by atoms with Crippen LogP contribution in [0.15, 0.2) is 34.2 Å². The van der Waals surface area contributed by atoms with E-state index >= 15 is 0 Å². The number of hydrogen-bond acceptors (Lipinski definition) is 3. The number of pyridine rings is 1. The van der Waals surface area contributed by atoms with E-state index in [9.17, 15) is 0 Å². The highest BCUT2D eigenvalue weighted by molar-refractivity contribution is 9.10. The van der Waals surface area contributed by atoms with Gasteiger partial charge in [0.15, 0.2) is 0 Å². The van der Waals surface area contributed by atoms with Crippen LogP contribution in [0.3, 0.4) is 0 Å². The predicted octanol–water partition coefficient (Wildman–Crippen LogP) is 3.85. The highest BCUT2D eigenvalue weighted by Gasteiger charge is 2.06. The summed E-state index contributed by atoms with van der Waals surface area (Å²) in [6, 6.07) is 6.19. The van der Waals surface area contributed by atoms with E-state index in [2.05, 4.69) is 51.2 Å². The molecule has 2 heterocycles. The van der Waals surface area contributed by atoms with Gasteiger partial charge >= 0.3 is 0 Å². The first-order valence-electron chi connectivity index (χ1n) is 5.02. The van der Waals surface area contributed by atoms with Crippen LogP contribution in [-0.2, 0) is 6.54 Å². The predicted molar refractivity (Wildman–Crippen MR) is 73.1 cm³/mol. The Labute approximate surface area is 108 Å². The summed E-state index contributed by atoms with van der Waals surface area (Å²) < 4.78 is 1.01. The van der Waals surface area contributed by atoms with E-state index in [1.165, 1.54) is 10.4 Å². The molecule has 0 bridgehead atoms. The summed E-state index contributed by atoms with van der Waals surface area (Å²) in [5.74, 6) is 0.996.